The van der Waals surface area contributed by atoms with Gasteiger partial charge in [0.05, 0.1) is 22.5 Å². The third-order valence-corrected chi connectivity index (χ3v) is 8.23. The topological polar surface area (TPSA) is 148 Å². The minimum Gasteiger partial charge on any atom is -0.306 e. The molecule has 39 heavy (non-hydrogen) atoms. The lowest BCUT2D eigenvalue weighted by Gasteiger charge is -2.12. The standard InChI is InChI=1S/C26H26N8O4S/c1-15-7-6-8-21(17(15)3)33-23-20(14-27-33)25(36)30-26(29-23)34-22(13-16(2)31-34)28-24(35)18-9-11-19(12-10-18)39(37,38)32(4)5/h6-14H,1-5H3,(H,28,35)(H,29,30,36). The van der Waals surface area contributed by atoms with Crippen molar-refractivity contribution >= 4 is 32.8 Å². The predicted octanol–water partition coefficient (Wildman–Crippen LogP) is 2.72. The maximum atomic E-state index is 13.0. The third-order valence-electron chi connectivity index (χ3n) is 6.40. The van der Waals surface area contributed by atoms with Gasteiger partial charge >= 0.3 is 0 Å². The highest BCUT2D eigenvalue weighted by molar-refractivity contribution is 7.89. The zero-order valence-corrected chi connectivity index (χ0v) is 22.7. The Kier molecular flexibility index (Phi) is 6.40. The van der Waals surface area contributed by atoms with E-state index in [-0.39, 0.29) is 22.2 Å². The number of hydrogen-bond donors (Lipinski definition) is 2. The molecule has 0 bridgehead atoms. The molecule has 0 fully saturated rings. The summed E-state index contributed by atoms with van der Waals surface area (Å²) in [5.74, 6) is -0.132. The fraction of sp³-hybridized carbons (Fsp3) is 0.192. The lowest BCUT2D eigenvalue weighted by atomic mass is 10.1. The number of carbonyl (C=O) groups excluding carboxylic acids is 1. The average molecular weight is 547 g/mol. The largest absolute Gasteiger partial charge is 0.306 e. The summed E-state index contributed by atoms with van der Waals surface area (Å²) in [4.78, 5) is 33.4. The summed E-state index contributed by atoms with van der Waals surface area (Å²) in [6.07, 6.45) is 1.46. The molecule has 0 saturated heterocycles. The van der Waals surface area contributed by atoms with E-state index < -0.39 is 21.5 Å². The highest BCUT2D eigenvalue weighted by Crippen LogP contribution is 2.22. The smallest absolute Gasteiger partial charge is 0.263 e. The first-order chi connectivity index (χ1) is 18.5. The predicted molar refractivity (Wildman–Crippen MR) is 146 cm³/mol. The molecule has 0 saturated carbocycles. The molecule has 2 N–H and O–H groups in total. The molecule has 2 aromatic carbocycles. The van der Waals surface area contributed by atoms with E-state index in [1.54, 1.807) is 17.7 Å². The maximum absolute atomic E-state index is 13.0. The van der Waals surface area contributed by atoms with Crippen molar-refractivity contribution in [1.82, 2.24) is 33.8 Å². The Hall–Kier alpha value is -4.62. The Balaban J connectivity index is 1.52. The van der Waals surface area contributed by atoms with E-state index in [1.807, 2.05) is 32.0 Å². The van der Waals surface area contributed by atoms with Crippen LogP contribution >= 0.6 is 0 Å². The molecule has 0 spiro atoms. The zero-order chi connectivity index (χ0) is 28.1. The molecule has 0 aliphatic rings. The summed E-state index contributed by atoms with van der Waals surface area (Å²) in [5, 5.41) is 11.9. The van der Waals surface area contributed by atoms with Crippen LogP contribution in [0.25, 0.3) is 22.7 Å². The average Bonchev–Trinajstić information content (AvgIpc) is 3.49. The van der Waals surface area contributed by atoms with Gasteiger partial charge in [0.2, 0.25) is 16.0 Å². The lowest BCUT2D eigenvalue weighted by molar-refractivity contribution is 0.102. The van der Waals surface area contributed by atoms with Gasteiger partial charge in [-0.05, 0) is 62.2 Å². The van der Waals surface area contributed by atoms with E-state index in [0.29, 0.717) is 16.7 Å². The number of benzene rings is 2. The Morgan fingerprint density at radius 1 is 1.03 bits per heavy atom. The number of nitrogens with zero attached hydrogens (tertiary/aromatic N) is 6. The zero-order valence-electron chi connectivity index (χ0n) is 21.9. The monoisotopic (exact) mass is 546 g/mol. The minimum atomic E-state index is -3.63. The van der Waals surface area contributed by atoms with E-state index in [1.165, 1.54) is 49.2 Å². The van der Waals surface area contributed by atoms with E-state index in [9.17, 15) is 18.0 Å². The van der Waals surface area contributed by atoms with E-state index in [2.05, 4.69) is 25.5 Å². The molecule has 0 atom stereocenters. The quantitative estimate of drug-likeness (QED) is 0.333. The van der Waals surface area contributed by atoms with Gasteiger partial charge in [-0.25, -0.2) is 17.4 Å². The third kappa shape index (κ3) is 4.62. The molecular formula is C26H26N8O4S. The number of aromatic nitrogens is 6. The summed E-state index contributed by atoms with van der Waals surface area (Å²) in [7, 11) is -0.756. The van der Waals surface area contributed by atoms with Crippen LogP contribution in [0.4, 0.5) is 5.82 Å². The van der Waals surface area contributed by atoms with Crippen LogP contribution in [-0.4, -0.2) is 62.3 Å². The summed E-state index contributed by atoms with van der Waals surface area (Å²) >= 11 is 0. The molecule has 0 aliphatic heterocycles. The second kappa shape index (κ2) is 9.60. The van der Waals surface area contributed by atoms with Gasteiger partial charge in [0.25, 0.3) is 11.5 Å². The molecule has 0 radical (unpaired) electrons. The van der Waals surface area contributed by atoms with Gasteiger partial charge in [-0.15, -0.1) is 0 Å². The van der Waals surface area contributed by atoms with Gasteiger partial charge in [-0.2, -0.15) is 19.9 Å². The van der Waals surface area contributed by atoms with Gasteiger partial charge < -0.3 is 5.32 Å². The molecule has 5 aromatic rings. The molecule has 12 nitrogen and oxygen atoms in total. The van der Waals surface area contributed by atoms with Crippen molar-refractivity contribution in [3.05, 3.63) is 87.5 Å². The summed E-state index contributed by atoms with van der Waals surface area (Å²) < 4.78 is 28.7. The number of sulfonamides is 1. The summed E-state index contributed by atoms with van der Waals surface area (Å²) in [6, 6.07) is 13.0. The van der Waals surface area contributed by atoms with Crippen LogP contribution in [0.3, 0.4) is 0 Å². The minimum absolute atomic E-state index is 0.0699. The number of anilines is 1. The highest BCUT2D eigenvalue weighted by atomic mass is 32.2. The highest BCUT2D eigenvalue weighted by Gasteiger charge is 2.20. The number of aromatic amines is 1. The van der Waals surface area contributed by atoms with E-state index in [0.717, 1.165) is 21.1 Å². The van der Waals surface area contributed by atoms with Gasteiger partial charge in [0.1, 0.15) is 11.2 Å². The second-order valence-corrected chi connectivity index (χ2v) is 11.4. The van der Waals surface area contributed by atoms with E-state index >= 15 is 0 Å². The first-order valence-electron chi connectivity index (χ1n) is 11.9. The number of fused-ring (bicyclic) bond motifs is 1. The van der Waals surface area contributed by atoms with Crippen molar-refractivity contribution in [2.75, 3.05) is 19.4 Å². The number of aryl methyl sites for hydroxylation is 2. The molecule has 5 rings (SSSR count). The number of carbonyl (C=O) groups is 1. The van der Waals surface area contributed by atoms with Crippen LogP contribution in [0, 0.1) is 20.8 Å². The second-order valence-electron chi connectivity index (χ2n) is 9.25. The Labute approximate surface area is 224 Å². The van der Waals surface area contributed by atoms with Crippen LogP contribution in [-0.2, 0) is 10.0 Å². The van der Waals surface area contributed by atoms with Crippen LogP contribution < -0.4 is 10.9 Å². The number of rotatable bonds is 6. The number of amides is 1. The van der Waals surface area contributed by atoms with Crippen molar-refractivity contribution in [2.24, 2.45) is 0 Å². The van der Waals surface area contributed by atoms with Crippen molar-refractivity contribution in [2.45, 2.75) is 25.7 Å². The fourth-order valence-electron chi connectivity index (χ4n) is 4.08. The number of hydrogen-bond acceptors (Lipinski definition) is 7. The molecule has 3 aromatic heterocycles. The van der Waals surface area contributed by atoms with E-state index in [4.69, 9.17) is 0 Å². The molecular weight excluding hydrogens is 520 g/mol. The lowest BCUT2D eigenvalue weighted by Crippen LogP contribution is -2.22. The van der Waals surface area contributed by atoms with Crippen molar-refractivity contribution < 1.29 is 13.2 Å². The van der Waals surface area contributed by atoms with Gasteiger partial charge in [-0.3, -0.25) is 14.6 Å². The summed E-state index contributed by atoms with van der Waals surface area (Å²) in [5.41, 5.74) is 3.60. The Morgan fingerprint density at radius 3 is 2.44 bits per heavy atom. The van der Waals surface area contributed by atoms with Crippen molar-refractivity contribution in [3.8, 4) is 11.6 Å². The Bertz CT molecular complexity index is 1900. The number of H-pyrrole nitrogens is 1. The van der Waals surface area contributed by atoms with Gasteiger partial charge in [-0.1, -0.05) is 12.1 Å². The van der Waals surface area contributed by atoms with Crippen molar-refractivity contribution in [1.29, 1.82) is 0 Å². The van der Waals surface area contributed by atoms with Crippen molar-refractivity contribution in [3.63, 3.8) is 0 Å². The first-order valence-corrected chi connectivity index (χ1v) is 13.4. The molecule has 1 amide bonds. The molecule has 200 valence electrons. The van der Waals surface area contributed by atoms with Gasteiger partial charge in [0.15, 0.2) is 5.65 Å². The SMILES string of the molecule is Cc1cc(NC(=O)c2ccc(S(=O)(=O)N(C)C)cc2)n(-c2nc3c(cnn3-c3cccc(C)c3C)c(=O)[nH]2)n1. The van der Waals surface area contributed by atoms with Crippen LogP contribution in [0.15, 0.2) is 64.4 Å². The summed E-state index contributed by atoms with van der Waals surface area (Å²) in [6.45, 7) is 5.70. The normalized spacial score (nSPS) is 11.8. The number of nitrogens with one attached hydrogen (secondary N) is 2. The van der Waals surface area contributed by atoms with Gasteiger partial charge in [0, 0.05) is 25.7 Å². The van der Waals surface area contributed by atoms with Crippen LogP contribution in [0.1, 0.15) is 27.2 Å². The fourth-order valence-corrected chi connectivity index (χ4v) is 4.98. The molecule has 0 aliphatic carbocycles. The Morgan fingerprint density at radius 2 is 1.74 bits per heavy atom. The first kappa shape index (κ1) is 26.0. The molecule has 3 heterocycles. The maximum Gasteiger partial charge on any atom is 0.263 e. The molecule has 13 heteroatoms. The van der Waals surface area contributed by atoms with Crippen LogP contribution in [0.2, 0.25) is 0 Å². The van der Waals surface area contributed by atoms with Crippen LogP contribution in [0.5, 0.6) is 0 Å². The molecule has 0 unspecified atom stereocenters.